The summed E-state index contributed by atoms with van der Waals surface area (Å²) in [4.78, 5) is 43.6. The smallest absolute Gasteiger partial charge is 0.435 e. The minimum absolute atomic E-state index is 0.0909. The van der Waals surface area contributed by atoms with Crippen LogP contribution in [0, 0.1) is 11.8 Å². The topological polar surface area (TPSA) is 122 Å². The molecule has 1 atom stereocenters. The van der Waals surface area contributed by atoms with Crippen molar-refractivity contribution in [3.63, 3.8) is 0 Å². The molecule has 16 heteroatoms. The fourth-order valence-corrected chi connectivity index (χ4v) is 8.49. The van der Waals surface area contributed by atoms with Gasteiger partial charge >= 0.3 is 24.0 Å². The summed E-state index contributed by atoms with van der Waals surface area (Å²) in [7, 11) is -4.94. The van der Waals surface area contributed by atoms with Gasteiger partial charge in [-0.05, 0) is 61.9 Å². The van der Waals surface area contributed by atoms with Gasteiger partial charge in [-0.15, -0.1) is 0 Å². The Bertz CT molecular complexity index is 1810. The predicted octanol–water partition coefficient (Wildman–Crippen LogP) is 6.36. The molecule has 1 aliphatic heterocycles. The van der Waals surface area contributed by atoms with Gasteiger partial charge in [0.15, 0.2) is 14.6 Å². The molecule has 1 saturated carbocycles. The summed E-state index contributed by atoms with van der Waals surface area (Å²) in [5.41, 5.74) is -7.62. The first-order valence-corrected chi connectivity index (χ1v) is 16.1. The molecule has 2 aliphatic rings. The highest BCUT2D eigenvalue weighted by Gasteiger charge is 2.73. The third-order valence-electron chi connectivity index (χ3n) is 9.06. The number of pyridine rings is 1. The molecule has 8 nitrogen and oxygen atoms in total. The van der Waals surface area contributed by atoms with E-state index in [9.17, 15) is 58.6 Å². The number of hydrogen-bond donors (Lipinski definition) is 1. The number of hydrogen-bond acceptors (Lipinski definition) is 6. The first-order chi connectivity index (χ1) is 22.4. The van der Waals surface area contributed by atoms with Crippen LogP contribution < -0.4 is 0 Å². The zero-order valence-corrected chi connectivity index (χ0v) is 25.6. The molecule has 3 aromatic rings. The van der Waals surface area contributed by atoms with Crippen molar-refractivity contribution >= 4 is 27.6 Å². The molecule has 1 aromatic heterocycles. The van der Waals surface area contributed by atoms with Crippen molar-refractivity contribution in [2.24, 2.45) is 11.8 Å². The minimum atomic E-state index is -6.44. The summed E-state index contributed by atoms with van der Waals surface area (Å²) in [6.07, 6.45) is -11.6. The number of nitrogens with zero attached hydrogens (tertiary/aromatic N) is 2. The molecule has 1 aliphatic carbocycles. The van der Waals surface area contributed by atoms with Gasteiger partial charge in [0.25, 0.3) is 5.91 Å². The van der Waals surface area contributed by atoms with E-state index >= 15 is 0 Å². The number of halogens is 7. The number of aromatic nitrogens is 1. The standard InChI is InChI=1S/C32H27F7N2O6S/c33-30(31(34,35)36,32(37,38)39)23-13-11-22(12-14-23)29(48(46,47)24-5-3-4-21(18-24)25-6-1-2-16-40-25)15-17-41(28(29)45)26(42)19-7-9-20(10-8-19)27(43)44/h1-6,11-14,16,18-20H,7-10,15,17H2,(H,43,44). The van der Waals surface area contributed by atoms with Crippen molar-refractivity contribution < 1.29 is 58.6 Å². The number of likely N-dealkylation sites (tertiary alicyclic amines) is 1. The maximum atomic E-state index is 14.8. The van der Waals surface area contributed by atoms with Gasteiger partial charge in [-0.1, -0.05) is 42.5 Å². The molecule has 0 spiro atoms. The highest BCUT2D eigenvalue weighted by Crippen LogP contribution is 2.54. The van der Waals surface area contributed by atoms with Crippen molar-refractivity contribution in [2.45, 2.75) is 59.8 Å². The molecule has 48 heavy (non-hydrogen) atoms. The van der Waals surface area contributed by atoms with Crippen LogP contribution in [0.2, 0.25) is 0 Å². The number of aliphatic carboxylic acids is 1. The molecule has 5 rings (SSSR count). The fourth-order valence-electron chi connectivity index (χ4n) is 6.40. The second kappa shape index (κ2) is 12.3. The molecule has 2 heterocycles. The van der Waals surface area contributed by atoms with Crippen LogP contribution in [0.25, 0.3) is 11.3 Å². The van der Waals surface area contributed by atoms with Crippen LogP contribution in [0.3, 0.4) is 0 Å². The van der Waals surface area contributed by atoms with Gasteiger partial charge in [-0.25, -0.2) is 12.8 Å². The van der Waals surface area contributed by atoms with E-state index in [1.54, 1.807) is 18.2 Å². The van der Waals surface area contributed by atoms with Gasteiger partial charge in [0.2, 0.25) is 5.91 Å². The lowest BCUT2D eigenvalue weighted by molar-refractivity contribution is -0.348. The van der Waals surface area contributed by atoms with Crippen molar-refractivity contribution in [1.82, 2.24) is 9.88 Å². The maximum Gasteiger partial charge on any atom is 0.435 e. The SMILES string of the molecule is O=C(O)C1CCC(C(=O)N2CCC(c3ccc(C(F)(C(F)(F)F)C(F)(F)F)cc3)(S(=O)(=O)c3cccc(-c4ccccn4)c3)C2=O)CC1. The van der Waals surface area contributed by atoms with Crippen LogP contribution in [0.5, 0.6) is 0 Å². The summed E-state index contributed by atoms with van der Waals surface area (Å²) < 4.78 is 122. The highest BCUT2D eigenvalue weighted by molar-refractivity contribution is 7.93. The van der Waals surface area contributed by atoms with Crippen LogP contribution in [-0.2, 0) is 34.6 Å². The Morgan fingerprint density at radius 1 is 0.833 bits per heavy atom. The third-order valence-corrected chi connectivity index (χ3v) is 11.5. The number of amides is 2. The summed E-state index contributed by atoms with van der Waals surface area (Å²) in [5.74, 6) is -4.65. The number of alkyl halides is 7. The van der Waals surface area contributed by atoms with Gasteiger partial charge in [0, 0.05) is 29.8 Å². The second-order valence-corrected chi connectivity index (χ2v) is 13.9. The van der Waals surface area contributed by atoms with Crippen LogP contribution in [0.1, 0.15) is 43.2 Å². The van der Waals surface area contributed by atoms with Crippen LogP contribution in [0.15, 0.2) is 77.8 Å². The quantitative estimate of drug-likeness (QED) is 0.225. The van der Waals surface area contributed by atoms with Crippen LogP contribution >= 0.6 is 0 Å². The zero-order chi connectivity index (χ0) is 35.3. The predicted molar refractivity (Wildman–Crippen MR) is 154 cm³/mol. The van der Waals surface area contributed by atoms with E-state index in [0.29, 0.717) is 28.3 Å². The first kappa shape index (κ1) is 35.0. The second-order valence-electron chi connectivity index (χ2n) is 11.7. The number of sulfone groups is 1. The first-order valence-electron chi connectivity index (χ1n) is 14.6. The number of carbonyl (C=O) groups is 3. The highest BCUT2D eigenvalue weighted by atomic mass is 32.2. The average Bonchev–Trinajstić information content (AvgIpc) is 3.41. The number of carbonyl (C=O) groups excluding carboxylic acids is 2. The number of imide groups is 1. The summed E-state index contributed by atoms with van der Waals surface area (Å²) in [6.45, 7) is -0.477. The molecule has 2 fully saturated rings. The third kappa shape index (κ3) is 5.62. The summed E-state index contributed by atoms with van der Waals surface area (Å²) in [6, 6.07) is 11.3. The Balaban J connectivity index is 1.61. The van der Waals surface area contributed by atoms with Crippen LogP contribution in [0.4, 0.5) is 30.7 Å². The molecule has 0 radical (unpaired) electrons. The van der Waals surface area contributed by atoms with Crippen molar-refractivity contribution in [1.29, 1.82) is 0 Å². The largest absolute Gasteiger partial charge is 0.481 e. The minimum Gasteiger partial charge on any atom is -0.481 e. The lowest BCUT2D eigenvalue weighted by Crippen LogP contribution is -2.50. The lowest BCUT2D eigenvalue weighted by Gasteiger charge is -2.32. The molecular weight excluding hydrogens is 673 g/mol. The summed E-state index contributed by atoms with van der Waals surface area (Å²) >= 11 is 0. The molecule has 2 amide bonds. The zero-order valence-electron chi connectivity index (χ0n) is 24.8. The Morgan fingerprint density at radius 3 is 1.98 bits per heavy atom. The molecule has 256 valence electrons. The number of rotatable bonds is 7. The Kier molecular flexibility index (Phi) is 8.95. The molecule has 2 aromatic carbocycles. The normalized spacial score (nSPS) is 22.5. The molecule has 0 bridgehead atoms. The van der Waals surface area contributed by atoms with E-state index in [4.69, 9.17) is 0 Å². The molecule has 1 saturated heterocycles. The van der Waals surface area contributed by atoms with E-state index in [-0.39, 0.29) is 37.8 Å². The monoisotopic (exact) mass is 700 g/mol. The van der Waals surface area contributed by atoms with Gasteiger partial charge in [0.05, 0.1) is 16.5 Å². The van der Waals surface area contributed by atoms with Crippen molar-refractivity contribution in [2.75, 3.05) is 6.54 Å². The fraction of sp³-hybridized carbons (Fsp3) is 0.375. The van der Waals surface area contributed by atoms with E-state index in [1.165, 1.54) is 24.4 Å². The number of benzene rings is 2. The van der Waals surface area contributed by atoms with E-state index < -0.39 is 91.2 Å². The Labute approximate surface area is 269 Å². The molecular formula is C32H27F7N2O6S. The van der Waals surface area contributed by atoms with E-state index in [2.05, 4.69) is 4.98 Å². The van der Waals surface area contributed by atoms with Crippen molar-refractivity contribution in [3.05, 3.63) is 84.1 Å². The van der Waals surface area contributed by atoms with Gasteiger partial charge in [0.1, 0.15) is 0 Å². The lowest BCUT2D eigenvalue weighted by atomic mass is 9.81. The van der Waals surface area contributed by atoms with Gasteiger partial charge < -0.3 is 5.11 Å². The number of carboxylic acids is 1. The van der Waals surface area contributed by atoms with Gasteiger partial charge in [-0.3, -0.25) is 24.3 Å². The van der Waals surface area contributed by atoms with E-state index in [1.807, 2.05) is 0 Å². The molecule has 1 unspecified atom stereocenters. The number of carboxylic acid groups (broad SMARTS) is 1. The van der Waals surface area contributed by atoms with Crippen LogP contribution in [-0.4, -0.2) is 60.1 Å². The van der Waals surface area contributed by atoms with Crippen molar-refractivity contribution in [3.8, 4) is 11.3 Å². The van der Waals surface area contributed by atoms with E-state index in [0.717, 1.165) is 6.07 Å². The Hall–Kier alpha value is -4.34. The average molecular weight is 701 g/mol. The summed E-state index contributed by atoms with van der Waals surface area (Å²) in [5, 5.41) is 9.29. The van der Waals surface area contributed by atoms with Gasteiger partial charge in [-0.2, -0.15) is 26.3 Å². The molecule has 1 N–H and O–H groups in total. The Morgan fingerprint density at radius 2 is 1.44 bits per heavy atom. The maximum absolute atomic E-state index is 14.8.